The average Bonchev–Trinajstić information content (AvgIpc) is 3.17. The lowest BCUT2D eigenvalue weighted by Crippen LogP contribution is -2.49. The number of hydrogen-bond acceptors (Lipinski definition) is 4. The summed E-state index contributed by atoms with van der Waals surface area (Å²) in [6.45, 7) is 1.02. The number of aliphatic imine (C=N–C) groups is 1. The maximum Gasteiger partial charge on any atom is 0.230 e. The SMILES string of the molecule is CN=C(NCCCS(=O)(=O)c1ccccc1)NCC1(C(=O)N(C)C)CCCC1.I. The first-order chi connectivity index (χ1) is 13.3. The largest absolute Gasteiger partial charge is 0.356 e. The molecule has 0 heterocycles. The highest BCUT2D eigenvalue weighted by atomic mass is 127. The molecule has 1 aliphatic carbocycles. The van der Waals surface area contributed by atoms with E-state index in [1.165, 1.54) is 0 Å². The molecule has 1 aromatic rings. The molecule has 1 amide bonds. The van der Waals surface area contributed by atoms with Crippen LogP contribution in [0.3, 0.4) is 0 Å². The summed E-state index contributed by atoms with van der Waals surface area (Å²) in [5.74, 6) is 0.821. The number of benzene rings is 1. The van der Waals surface area contributed by atoms with Crippen molar-refractivity contribution in [3.8, 4) is 0 Å². The zero-order valence-electron chi connectivity index (χ0n) is 17.5. The van der Waals surface area contributed by atoms with Crippen LogP contribution in [0, 0.1) is 5.41 Å². The average molecular weight is 536 g/mol. The van der Waals surface area contributed by atoms with Gasteiger partial charge in [-0.15, -0.1) is 24.0 Å². The van der Waals surface area contributed by atoms with E-state index in [2.05, 4.69) is 15.6 Å². The Hall–Kier alpha value is -1.36. The van der Waals surface area contributed by atoms with Gasteiger partial charge in [-0.1, -0.05) is 31.0 Å². The molecule has 0 spiro atoms. The minimum atomic E-state index is -3.27. The molecular weight excluding hydrogens is 503 g/mol. The zero-order chi connectivity index (χ0) is 20.6. The number of carbonyl (C=O) groups excluding carboxylic acids is 1. The fraction of sp³-hybridized carbons (Fsp3) is 0.600. The lowest BCUT2D eigenvalue weighted by molar-refractivity contribution is -0.138. The molecule has 1 aliphatic rings. The Bertz CT molecular complexity index is 776. The third kappa shape index (κ3) is 7.13. The second-order valence-electron chi connectivity index (χ2n) is 7.53. The van der Waals surface area contributed by atoms with Crippen LogP contribution in [-0.4, -0.2) is 65.2 Å². The lowest BCUT2D eigenvalue weighted by atomic mass is 9.84. The summed E-state index contributed by atoms with van der Waals surface area (Å²) in [4.78, 5) is 18.8. The van der Waals surface area contributed by atoms with Gasteiger partial charge in [0, 0.05) is 34.2 Å². The van der Waals surface area contributed by atoms with Crippen LogP contribution < -0.4 is 10.6 Å². The number of nitrogens with zero attached hydrogens (tertiary/aromatic N) is 2. The first-order valence-corrected chi connectivity index (χ1v) is 11.4. The van der Waals surface area contributed by atoms with Crippen LogP contribution in [0.15, 0.2) is 40.2 Å². The van der Waals surface area contributed by atoms with Crippen LogP contribution >= 0.6 is 24.0 Å². The van der Waals surface area contributed by atoms with Crippen molar-refractivity contribution >= 4 is 45.7 Å². The molecule has 0 unspecified atom stereocenters. The number of hydrogen-bond donors (Lipinski definition) is 2. The van der Waals surface area contributed by atoms with Crippen molar-refractivity contribution in [3.63, 3.8) is 0 Å². The van der Waals surface area contributed by atoms with Gasteiger partial charge in [-0.25, -0.2) is 8.42 Å². The van der Waals surface area contributed by atoms with Gasteiger partial charge in [0.25, 0.3) is 0 Å². The fourth-order valence-electron chi connectivity index (χ4n) is 3.68. The number of rotatable bonds is 8. The molecule has 0 aliphatic heterocycles. The molecule has 0 aromatic heterocycles. The molecule has 2 rings (SSSR count). The van der Waals surface area contributed by atoms with Crippen LogP contribution in [0.1, 0.15) is 32.1 Å². The summed E-state index contributed by atoms with van der Waals surface area (Å²) < 4.78 is 24.6. The Morgan fingerprint density at radius 3 is 2.31 bits per heavy atom. The second-order valence-corrected chi connectivity index (χ2v) is 9.63. The molecule has 0 atom stereocenters. The van der Waals surface area contributed by atoms with Crippen LogP contribution in [0.5, 0.6) is 0 Å². The summed E-state index contributed by atoms with van der Waals surface area (Å²) in [5.41, 5.74) is -0.377. The van der Waals surface area contributed by atoms with Gasteiger partial charge in [0.15, 0.2) is 15.8 Å². The number of guanidine groups is 1. The van der Waals surface area contributed by atoms with Gasteiger partial charge in [-0.2, -0.15) is 0 Å². The van der Waals surface area contributed by atoms with E-state index in [-0.39, 0.29) is 41.1 Å². The van der Waals surface area contributed by atoms with E-state index < -0.39 is 9.84 Å². The summed E-state index contributed by atoms with van der Waals surface area (Å²) in [7, 11) is 1.99. The number of halogens is 1. The van der Waals surface area contributed by atoms with Crippen molar-refractivity contribution in [2.24, 2.45) is 10.4 Å². The third-order valence-electron chi connectivity index (χ3n) is 5.22. The highest BCUT2D eigenvalue weighted by Gasteiger charge is 2.42. The van der Waals surface area contributed by atoms with Crippen molar-refractivity contribution in [2.45, 2.75) is 37.0 Å². The second kappa shape index (κ2) is 11.7. The minimum Gasteiger partial charge on any atom is -0.356 e. The Morgan fingerprint density at radius 1 is 1.14 bits per heavy atom. The predicted molar refractivity (Wildman–Crippen MR) is 127 cm³/mol. The van der Waals surface area contributed by atoms with E-state index in [1.54, 1.807) is 56.4 Å². The summed E-state index contributed by atoms with van der Waals surface area (Å²) in [6, 6.07) is 8.49. The van der Waals surface area contributed by atoms with Crippen LogP contribution in [0.25, 0.3) is 0 Å². The molecule has 0 radical (unpaired) electrons. The molecule has 7 nitrogen and oxygen atoms in total. The van der Waals surface area contributed by atoms with Gasteiger partial charge in [-0.05, 0) is 31.4 Å². The number of sulfone groups is 1. The minimum absolute atomic E-state index is 0. The quantitative estimate of drug-likeness (QED) is 0.230. The first kappa shape index (κ1) is 25.7. The molecule has 1 aromatic carbocycles. The van der Waals surface area contributed by atoms with Crippen molar-refractivity contribution in [3.05, 3.63) is 30.3 Å². The molecule has 29 heavy (non-hydrogen) atoms. The van der Waals surface area contributed by atoms with Gasteiger partial charge in [0.05, 0.1) is 16.1 Å². The van der Waals surface area contributed by atoms with E-state index in [0.717, 1.165) is 25.7 Å². The molecule has 1 saturated carbocycles. The summed E-state index contributed by atoms with van der Waals surface area (Å²) in [5, 5.41) is 6.41. The van der Waals surface area contributed by atoms with Crippen LogP contribution in [0.2, 0.25) is 0 Å². The van der Waals surface area contributed by atoms with Gasteiger partial charge in [0.1, 0.15) is 0 Å². The van der Waals surface area contributed by atoms with E-state index in [0.29, 0.717) is 30.4 Å². The number of carbonyl (C=O) groups is 1. The van der Waals surface area contributed by atoms with E-state index in [1.807, 2.05) is 0 Å². The Balaban J connectivity index is 0.00000420. The summed E-state index contributed by atoms with van der Waals surface area (Å²) in [6.07, 6.45) is 4.35. The Labute approximate surface area is 191 Å². The molecule has 0 saturated heterocycles. The van der Waals surface area contributed by atoms with Crippen molar-refractivity contribution in [1.29, 1.82) is 0 Å². The number of amides is 1. The standard InChI is InChI=1S/C20H32N4O3S.HI/c1-21-19(23-16-20(12-7-8-13-20)18(25)24(2)3)22-14-9-15-28(26,27)17-10-5-4-6-11-17;/h4-6,10-11H,7-9,12-16H2,1-3H3,(H2,21,22,23);1H. The molecule has 1 fully saturated rings. The van der Waals surface area contributed by atoms with Crippen LogP contribution in [-0.2, 0) is 14.6 Å². The highest BCUT2D eigenvalue weighted by Crippen LogP contribution is 2.38. The monoisotopic (exact) mass is 536 g/mol. The van der Waals surface area contributed by atoms with Crippen molar-refractivity contribution in [2.75, 3.05) is 40.0 Å². The van der Waals surface area contributed by atoms with Crippen molar-refractivity contribution < 1.29 is 13.2 Å². The Morgan fingerprint density at radius 2 is 1.76 bits per heavy atom. The molecule has 2 N–H and O–H groups in total. The molecule has 164 valence electrons. The van der Waals surface area contributed by atoms with E-state index >= 15 is 0 Å². The predicted octanol–water partition coefficient (Wildman–Crippen LogP) is 2.28. The smallest absolute Gasteiger partial charge is 0.230 e. The topological polar surface area (TPSA) is 90.9 Å². The van der Waals surface area contributed by atoms with E-state index in [9.17, 15) is 13.2 Å². The Kier molecular flexibility index (Phi) is 10.4. The zero-order valence-corrected chi connectivity index (χ0v) is 20.6. The summed E-state index contributed by atoms with van der Waals surface area (Å²) >= 11 is 0. The van der Waals surface area contributed by atoms with Gasteiger partial charge in [0.2, 0.25) is 5.91 Å². The fourth-order valence-corrected chi connectivity index (χ4v) is 5.01. The first-order valence-electron chi connectivity index (χ1n) is 9.75. The van der Waals surface area contributed by atoms with Crippen molar-refractivity contribution in [1.82, 2.24) is 15.5 Å². The molecule has 0 bridgehead atoms. The van der Waals surface area contributed by atoms with Gasteiger partial charge in [-0.3, -0.25) is 9.79 Å². The normalized spacial score (nSPS) is 16.0. The van der Waals surface area contributed by atoms with E-state index in [4.69, 9.17) is 0 Å². The number of nitrogens with one attached hydrogen (secondary N) is 2. The van der Waals surface area contributed by atoms with Gasteiger partial charge < -0.3 is 15.5 Å². The lowest BCUT2D eigenvalue weighted by Gasteiger charge is -2.31. The maximum atomic E-state index is 12.6. The third-order valence-corrected chi connectivity index (χ3v) is 7.04. The molecular formula is C20H33IN4O3S. The highest BCUT2D eigenvalue weighted by molar-refractivity contribution is 14.0. The van der Waals surface area contributed by atoms with Crippen LogP contribution in [0.4, 0.5) is 0 Å². The van der Waals surface area contributed by atoms with Gasteiger partial charge >= 0.3 is 0 Å². The molecule has 9 heteroatoms. The maximum absolute atomic E-state index is 12.6.